The van der Waals surface area contributed by atoms with Crippen LogP contribution in [0.15, 0.2) is 30.6 Å². The molecule has 4 rings (SSSR count). The first-order chi connectivity index (χ1) is 16.8. The van der Waals surface area contributed by atoms with E-state index in [1.807, 2.05) is 13.8 Å². The smallest absolute Gasteiger partial charge is 0.270 e. The van der Waals surface area contributed by atoms with Crippen molar-refractivity contribution in [3.05, 3.63) is 36.3 Å². The number of ether oxygens (including phenoxy) is 1. The lowest BCUT2D eigenvalue weighted by Gasteiger charge is -2.32. The van der Waals surface area contributed by atoms with Gasteiger partial charge in [0.25, 0.3) is 11.8 Å². The van der Waals surface area contributed by atoms with Crippen molar-refractivity contribution in [3.8, 4) is 5.75 Å². The lowest BCUT2D eigenvalue weighted by molar-refractivity contribution is -0.125. The number of anilines is 1. The van der Waals surface area contributed by atoms with Crippen LogP contribution in [0.1, 0.15) is 69.4 Å². The highest BCUT2D eigenvalue weighted by Crippen LogP contribution is 2.31. The maximum absolute atomic E-state index is 13.4. The van der Waals surface area contributed by atoms with Gasteiger partial charge in [-0.3, -0.25) is 19.1 Å². The lowest BCUT2D eigenvalue weighted by Crippen LogP contribution is -2.49. The second-order valence-corrected chi connectivity index (χ2v) is 9.78. The van der Waals surface area contributed by atoms with Crippen LogP contribution >= 0.6 is 0 Å². The molecule has 0 radical (unpaired) electrons. The first-order valence-corrected chi connectivity index (χ1v) is 12.4. The topological polar surface area (TPSA) is 127 Å². The number of hydrogen-bond acceptors (Lipinski definition) is 6. The quantitative estimate of drug-likeness (QED) is 0.531. The van der Waals surface area contributed by atoms with E-state index in [9.17, 15) is 14.4 Å². The maximum atomic E-state index is 13.4. The Hall–Kier alpha value is -3.43. The SMILES string of the molecule is CC1CCC([C@H](NC(=O)c2ccnn2C(C)C)C(=O)Nc2cc(OC3CCNC3=O)ccn2)CC1. The molecule has 188 valence electrons. The molecule has 1 saturated heterocycles. The molecule has 35 heavy (non-hydrogen) atoms. The van der Waals surface area contributed by atoms with Crippen molar-refractivity contribution in [2.24, 2.45) is 11.8 Å². The fourth-order valence-corrected chi connectivity index (χ4v) is 4.74. The van der Waals surface area contributed by atoms with Gasteiger partial charge in [0.05, 0.1) is 0 Å². The van der Waals surface area contributed by atoms with Crippen LogP contribution in [-0.4, -0.2) is 51.2 Å². The fourth-order valence-electron chi connectivity index (χ4n) is 4.74. The van der Waals surface area contributed by atoms with Gasteiger partial charge in [-0.05, 0) is 50.7 Å². The van der Waals surface area contributed by atoms with Gasteiger partial charge >= 0.3 is 0 Å². The summed E-state index contributed by atoms with van der Waals surface area (Å²) in [6.07, 6.45) is 6.89. The highest BCUT2D eigenvalue weighted by atomic mass is 16.5. The first-order valence-electron chi connectivity index (χ1n) is 12.4. The Morgan fingerprint density at radius 1 is 1.14 bits per heavy atom. The number of carbonyl (C=O) groups excluding carboxylic acids is 3. The molecule has 2 aromatic heterocycles. The molecule has 2 atom stereocenters. The Morgan fingerprint density at radius 3 is 2.60 bits per heavy atom. The van der Waals surface area contributed by atoms with E-state index >= 15 is 0 Å². The minimum atomic E-state index is -0.711. The zero-order chi connectivity index (χ0) is 24.9. The van der Waals surface area contributed by atoms with Crippen molar-refractivity contribution in [3.63, 3.8) is 0 Å². The molecule has 0 aromatic carbocycles. The van der Waals surface area contributed by atoms with Gasteiger partial charge < -0.3 is 20.7 Å². The Kier molecular flexibility index (Phi) is 7.67. The molecular weight excluding hydrogens is 448 g/mol. The van der Waals surface area contributed by atoms with E-state index in [0.717, 1.165) is 25.7 Å². The van der Waals surface area contributed by atoms with Crippen molar-refractivity contribution < 1.29 is 19.1 Å². The molecule has 1 aliphatic heterocycles. The minimum Gasteiger partial charge on any atom is -0.480 e. The van der Waals surface area contributed by atoms with Crippen molar-refractivity contribution in [2.45, 2.75) is 71.1 Å². The zero-order valence-corrected chi connectivity index (χ0v) is 20.5. The number of pyridine rings is 1. The van der Waals surface area contributed by atoms with Gasteiger partial charge in [0.15, 0.2) is 6.10 Å². The zero-order valence-electron chi connectivity index (χ0n) is 20.5. The highest BCUT2D eigenvalue weighted by Gasteiger charge is 2.34. The summed E-state index contributed by atoms with van der Waals surface area (Å²) in [6.45, 7) is 6.69. The molecule has 10 nitrogen and oxygen atoms in total. The predicted octanol–water partition coefficient (Wildman–Crippen LogP) is 2.69. The van der Waals surface area contributed by atoms with Gasteiger partial charge in [-0.15, -0.1) is 0 Å². The number of rotatable bonds is 8. The molecule has 1 unspecified atom stereocenters. The number of aromatic nitrogens is 3. The van der Waals surface area contributed by atoms with Crippen molar-refractivity contribution >= 4 is 23.5 Å². The van der Waals surface area contributed by atoms with Gasteiger partial charge in [0.1, 0.15) is 23.3 Å². The van der Waals surface area contributed by atoms with E-state index in [4.69, 9.17) is 4.74 Å². The maximum Gasteiger partial charge on any atom is 0.270 e. The third kappa shape index (κ3) is 5.98. The molecule has 2 aliphatic rings. The Balaban J connectivity index is 1.49. The summed E-state index contributed by atoms with van der Waals surface area (Å²) < 4.78 is 7.41. The van der Waals surface area contributed by atoms with Crippen LogP contribution in [-0.2, 0) is 9.59 Å². The van der Waals surface area contributed by atoms with Gasteiger partial charge in [0, 0.05) is 37.5 Å². The summed E-state index contributed by atoms with van der Waals surface area (Å²) in [5.74, 6) is 0.585. The molecule has 1 aliphatic carbocycles. The van der Waals surface area contributed by atoms with E-state index < -0.39 is 12.1 Å². The van der Waals surface area contributed by atoms with Crippen molar-refractivity contribution in [2.75, 3.05) is 11.9 Å². The Bertz CT molecular complexity index is 1060. The summed E-state index contributed by atoms with van der Waals surface area (Å²) >= 11 is 0. The molecule has 2 aromatic rings. The number of amides is 3. The summed E-state index contributed by atoms with van der Waals surface area (Å²) in [5, 5.41) is 12.8. The van der Waals surface area contributed by atoms with Gasteiger partial charge in [-0.2, -0.15) is 5.10 Å². The van der Waals surface area contributed by atoms with Gasteiger partial charge in [-0.1, -0.05) is 19.8 Å². The molecule has 3 N–H and O–H groups in total. The summed E-state index contributed by atoms with van der Waals surface area (Å²) in [7, 11) is 0. The monoisotopic (exact) mass is 482 g/mol. The van der Waals surface area contributed by atoms with Crippen LogP contribution < -0.4 is 20.7 Å². The van der Waals surface area contributed by atoms with Crippen LogP contribution in [0.3, 0.4) is 0 Å². The molecule has 3 heterocycles. The number of nitrogens with one attached hydrogen (secondary N) is 3. The summed E-state index contributed by atoms with van der Waals surface area (Å²) in [5.41, 5.74) is 0.422. The Morgan fingerprint density at radius 2 is 1.91 bits per heavy atom. The van der Waals surface area contributed by atoms with E-state index in [2.05, 4.69) is 33.0 Å². The summed E-state index contributed by atoms with van der Waals surface area (Å²) in [6, 6.07) is 4.21. The minimum absolute atomic E-state index is 0.0162. The first kappa shape index (κ1) is 24.7. The average Bonchev–Trinajstić information content (AvgIpc) is 3.48. The third-order valence-electron chi connectivity index (χ3n) is 6.75. The normalized spacial score (nSPS) is 23.0. The van der Waals surface area contributed by atoms with Crippen molar-refractivity contribution in [1.29, 1.82) is 0 Å². The van der Waals surface area contributed by atoms with E-state index in [1.54, 1.807) is 29.1 Å². The van der Waals surface area contributed by atoms with Crippen LogP contribution in [0.25, 0.3) is 0 Å². The van der Waals surface area contributed by atoms with E-state index in [-0.39, 0.29) is 29.7 Å². The number of nitrogens with zero attached hydrogens (tertiary/aromatic N) is 3. The van der Waals surface area contributed by atoms with Crippen LogP contribution in [0.4, 0.5) is 5.82 Å². The Labute approximate surface area is 205 Å². The molecule has 1 saturated carbocycles. The van der Waals surface area contributed by atoms with Gasteiger partial charge in [-0.25, -0.2) is 4.98 Å². The van der Waals surface area contributed by atoms with E-state index in [1.165, 1.54) is 6.20 Å². The van der Waals surface area contributed by atoms with Crippen LogP contribution in [0.2, 0.25) is 0 Å². The molecule has 2 fully saturated rings. The largest absolute Gasteiger partial charge is 0.480 e. The van der Waals surface area contributed by atoms with Crippen LogP contribution in [0.5, 0.6) is 5.75 Å². The molecule has 10 heteroatoms. The molecular formula is C25H34N6O4. The molecule has 3 amide bonds. The fraction of sp³-hybridized carbons (Fsp3) is 0.560. The molecule has 0 spiro atoms. The summed E-state index contributed by atoms with van der Waals surface area (Å²) in [4.78, 5) is 42.7. The number of carbonyl (C=O) groups is 3. The van der Waals surface area contributed by atoms with Crippen LogP contribution in [0, 0.1) is 11.8 Å². The second kappa shape index (κ2) is 10.9. The standard InChI is InChI=1S/C25H34N6O4/c1-15(2)31-19(9-13-28-31)23(32)30-22(17-6-4-16(3)5-7-17)25(34)29-21-14-18(8-11-26-21)35-20-10-12-27-24(20)33/h8-9,11,13-17,20,22H,4-7,10,12H2,1-3H3,(H,27,33)(H,30,32)(H,26,29,34)/t16?,17?,20?,22-/m0/s1. The third-order valence-corrected chi connectivity index (χ3v) is 6.75. The van der Waals surface area contributed by atoms with E-state index in [0.29, 0.717) is 36.1 Å². The van der Waals surface area contributed by atoms with Gasteiger partial charge in [0.2, 0.25) is 5.91 Å². The van der Waals surface area contributed by atoms with Crippen molar-refractivity contribution in [1.82, 2.24) is 25.4 Å². The second-order valence-electron chi connectivity index (χ2n) is 9.78. The lowest BCUT2D eigenvalue weighted by atomic mass is 9.79. The number of hydrogen-bond donors (Lipinski definition) is 3. The predicted molar refractivity (Wildman–Crippen MR) is 130 cm³/mol. The highest BCUT2D eigenvalue weighted by molar-refractivity contribution is 6.00. The molecule has 0 bridgehead atoms. The average molecular weight is 483 g/mol.